The zero-order chi connectivity index (χ0) is 21.9. The first-order chi connectivity index (χ1) is 15.2. The van der Waals surface area contributed by atoms with E-state index in [1.54, 1.807) is 12.1 Å². The van der Waals surface area contributed by atoms with E-state index in [2.05, 4.69) is 22.1 Å². The van der Waals surface area contributed by atoms with E-state index in [4.69, 9.17) is 9.15 Å². The molecule has 8 nitrogen and oxygen atoms in total. The molecule has 0 atom stereocenters. The van der Waals surface area contributed by atoms with E-state index in [9.17, 15) is 9.59 Å². The first-order valence-corrected chi connectivity index (χ1v) is 11.9. The molecule has 2 amide bonds. The van der Waals surface area contributed by atoms with Gasteiger partial charge in [0.2, 0.25) is 5.91 Å². The van der Waals surface area contributed by atoms with Crippen LogP contribution in [0.3, 0.4) is 0 Å². The van der Waals surface area contributed by atoms with Gasteiger partial charge in [0.15, 0.2) is 10.9 Å². The Labute approximate surface area is 187 Å². The molecule has 2 aromatic heterocycles. The predicted octanol–water partition coefficient (Wildman–Crippen LogP) is 3.27. The lowest BCUT2D eigenvalue weighted by Crippen LogP contribution is -2.43. The molecule has 0 unspecified atom stereocenters. The van der Waals surface area contributed by atoms with Crippen molar-refractivity contribution in [2.75, 3.05) is 51.3 Å². The number of morpholine rings is 1. The number of carbonyl (C=O) groups is 2. The van der Waals surface area contributed by atoms with Gasteiger partial charge in [-0.1, -0.05) is 26.2 Å². The fourth-order valence-electron chi connectivity index (χ4n) is 3.46. The molecule has 1 aliphatic rings. The molecule has 1 saturated heterocycles. The minimum Gasteiger partial charge on any atom is -0.459 e. The molecule has 170 valence electrons. The van der Waals surface area contributed by atoms with Crippen molar-refractivity contribution in [3.05, 3.63) is 35.2 Å². The van der Waals surface area contributed by atoms with Gasteiger partial charge in [-0.05, 0) is 18.6 Å². The molecule has 0 aromatic carbocycles. The lowest BCUT2D eigenvalue weighted by molar-refractivity contribution is -0.131. The minimum absolute atomic E-state index is 0.0824. The third-order valence-electron chi connectivity index (χ3n) is 5.27. The predicted molar refractivity (Wildman–Crippen MR) is 120 cm³/mol. The number of hydrogen-bond donors (Lipinski definition) is 1. The standard InChI is InChI=1S/C22H32N4O4S/c1-2-3-4-5-8-26(10-9-25-11-14-29-15-12-25)20(27)16-18-17-31-22(23-18)24-21(28)19-7-6-13-30-19/h6-7,13,17H,2-5,8-12,14-16H2,1H3,(H,23,24,28). The number of nitrogens with zero attached hydrogens (tertiary/aromatic N) is 3. The van der Waals surface area contributed by atoms with Crippen LogP contribution in [0.4, 0.5) is 5.13 Å². The van der Waals surface area contributed by atoms with E-state index in [-0.39, 0.29) is 24.0 Å². The van der Waals surface area contributed by atoms with Crippen molar-refractivity contribution in [2.45, 2.75) is 39.0 Å². The third kappa shape index (κ3) is 7.75. The lowest BCUT2D eigenvalue weighted by Gasteiger charge is -2.30. The Balaban J connectivity index is 1.52. The molecular weight excluding hydrogens is 416 g/mol. The summed E-state index contributed by atoms with van der Waals surface area (Å²) in [5.41, 5.74) is 0.676. The third-order valence-corrected chi connectivity index (χ3v) is 6.08. The van der Waals surface area contributed by atoms with Crippen molar-refractivity contribution in [3.8, 4) is 0 Å². The maximum absolute atomic E-state index is 13.0. The number of furan rings is 1. The van der Waals surface area contributed by atoms with Crippen molar-refractivity contribution in [1.82, 2.24) is 14.8 Å². The molecule has 3 heterocycles. The van der Waals surface area contributed by atoms with Crippen LogP contribution in [0.5, 0.6) is 0 Å². The van der Waals surface area contributed by atoms with Gasteiger partial charge in [0.25, 0.3) is 5.91 Å². The second kappa shape index (κ2) is 12.6. The second-order valence-electron chi connectivity index (χ2n) is 7.65. The lowest BCUT2D eigenvalue weighted by atomic mass is 10.2. The number of amides is 2. The van der Waals surface area contributed by atoms with Crippen LogP contribution < -0.4 is 5.32 Å². The number of rotatable bonds is 12. The fraction of sp³-hybridized carbons (Fsp3) is 0.591. The SMILES string of the molecule is CCCCCCN(CCN1CCOCC1)C(=O)Cc1csc(NC(=O)c2ccco2)n1. The van der Waals surface area contributed by atoms with Gasteiger partial charge in [-0.15, -0.1) is 11.3 Å². The highest BCUT2D eigenvalue weighted by molar-refractivity contribution is 7.14. The fourth-order valence-corrected chi connectivity index (χ4v) is 4.16. The molecule has 1 fully saturated rings. The monoisotopic (exact) mass is 448 g/mol. The van der Waals surface area contributed by atoms with Crippen LogP contribution in [0.15, 0.2) is 28.2 Å². The molecule has 0 radical (unpaired) electrons. The topological polar surface area (TPSA) is 87.9 Å². The van der Waals surface area contributed by atoms with Gasteiger partial charge in [-0.2, -0.15) is 0 Å². The summed E-state index contributed by atoms with van der Waals surface area (Å²) in [4.78, 5) is 33.8. The van der Waals surface area contributed by atoms with Crippen molar-refractivity contribution >= 4 is 28.3 Å². The van der Waals surface area contributed by atoms with Crippen molar-refractivity contribution < 1.29 is 18.7 Å². The zero-order valence-corrected chi connectivity index (χ0v) is 19.0. The Morgan fingerprint density at radius 3 is 2.81 bits per heavy atom. The molecule has 2 aromatic rings. The molecule has 0 aliphatic carbocycles. The van der Waals surface area contributed by atoms with Crippen LogP contribution in [0, 0.1) is 0 Å². The number of nitrogens with one attached hydrogen (secondary N) is 1. The van der Waals surface area contributed by atoms with E-state index in [1.165, 1.54) is 30.4 Å². The summed E-state index contributed by atoms with van der Waals surface area (Å²) in [5.74, 6) is -0.0338. The number of unbranched alkanes of at least 4 members (excludes halogenated alkanes) is 3. The average molecular weight is 449 g/mol. The summed E-state index contributed by atoms with van der Waals surface area (Å²) in [6.07, 6.45) is 6.21. The summed E-state index contributed by atoms with van der Waals surface area (Å²) < 4.78 is 10.5. The Morgan fingerprint density at radius 2 is 2.06 bits per heavy atom. The molecule has 3 rings (SSSR count). The number of ether oxygens (including phenoxy) is 1. The van der Waals surface area contributed by atoms with Gasteiger partial charge >= 0.3 is 0 Å². The quantitative estimate of drug-likeness (QED) is 0.502. The maximum Gasteiger partial charge on any atom is 0.293 e. The smallest absolute Gasteiger partial charge is 0.293 e. The highest BCUT2D eigenvalue weighted by Gasteiger charge is 2.19. The minimum atomic E-state index is -0.347. The van der Waals surface area contributed by atoms with E-state index in [1.807, 2.05) is 10.3 Å². The molecular formula is C22H32N4O4S. The van der Waals surface area contributed by atoms with Gasteiger partial charge in [0.05, 0.1) is 31.6 Å². The Kier molecular flexibility index (Phi) is 9.51. The van der Waals surface area contributed by atoms with Crippen LogP contribution in [0.2, 0.25) is 0 Å². The summed E-state index contributed by atoms with van der Waals surface area (Å²) in [6, 6.07) is 3.26. The Morgan fingerprint density at radius 1 is 1.23 bits per heavy atom. The molecule has 0 saturated carbocycles. The molecule has 31 heavy (non-hydrogen) atoms. The molecule has 1 N–H and O–H groups in total. The molecule has 1 aliphatic heterocycles. The molecule has 9 heteroatoms. The first kappa shape index (κ1) is 23.4. The second-order valence-corrected chi connectivity index (χ2v) is 8.51. The first-order valence-electron chi connectivity index (χ1n) is 11.0. The zero-order valence-electron chi connectivity index (χ0n) is 18.2. The van der Waals surface area contributed by atoms with Crippen LogP contribution in [-0.4, -0.2) is 72.5 Å². The van der Waals surface area contributed by atoms with Gasteiger partial charge in [0, 0.05) is 38.1 Å². The van der Waals surface area contributed by atoms with Gasteiger partial charge in [-0.25, -0.2) is 4.98 Å². The number of carbonyl (C=O) groups excluding carboxylic acids is 2. The maximum atomic E-state index is 13.0. The van der Waals surface area contributed by atoms with E-state index in [0.29, 0.717) is 10.8 Å². The molecule has 0 bridgehead atoms. The van der Waals surface area contributed by atoms with Crippen molar-refractivity contribution in [3.63, 3.8) is 0 Å². The number of anilines is 1. The van der Waals surface area contributed by atoms with Gasteiger partial charge in [0.1, 0.15) is 0 Å². The van der Waals surface area contributed by atoms with Crippen LogP contribution in [0.25, 0.3) is 0 Å². The summed E-state index contributed by atoms with van der Waals surface area (Å²) >= 11 is 1.31. The molecule has 0 spiro atoms. The van der Waals surface area contributed by atoms with Crippen molar-refractivity contribution in [1.29, 1.82) is 0 Å². The van der Waals surface area contributed by atoms with E-state index in [0.717, 1.165) is 58.8 Å². The largest absolute Gasteiger partial charge is 0.459 e. The average Bonchev–Trinajstić information content (AvgIpc) is 3.46. The van der Waals surface area contributed by atoms with Crippen LogP contribution in [-0.2, 0) is 16.0 Å². The van der Waals surface area contributed by atoms with Gasteiger partial charge < -0.3 is 14.1 Å². The van der Waals surface area contributed by atoms with Crippen LogP contribution in [0.1, 0.15) is 48.9 Å². The van der Waals surface area contributed by atoms with E-state index >= 15 is 0 Å². The van der Waals surface area contributed by atoms with Crippen LogP contribution >= 0.6 is 11.3 Å². The number of hydrogen-bond acceptors (Lipinski definition) is 7. The summed E-state index contributed by atoms with van der Waals surface area (Å²) in [7, 11) is 0. The summed E-state index contributed by atoms with van der Waals surface area (Å²) in [5, 5.41) is 5.01. The number of aromatic nitrogens is 1. The van der Waals surface area contributed by atoms with E-state index < -0.39 is 0 Å². The Hall–Kier alpha value is -2.23. The highest BCUT2D eigenvalue weighted by Crippen LogP contribution is 2.18. The normalized spacial score (nSPS) is 14.5. The van der Waals surface area contributed by atoms with Gasteiger partial charge in [-0.3, -0.25) is 19.8 Å². The summed E-state index contributed by atoms with van der Waals surface area (Å²) in [6.45, 7) is 7.90. The highest BCUT2D eigenvalue weighted by atomic mass is 32.1. The Bertz CT molecular complexity index is 802. The number of thiazole rings is 1. The van der Waals surface area contributed by atoms with Crippen molar-refractivity contribution in [2.24, 2.45) is 0 Å².